The molecule has 0 saturated carbocycles. The summed E-state index contributed by atoms with van der Waals surface area (Å²) in [6, 6.07) is 11.1. The Kier molecular flexibility index (Phi) is 11.9. The largest absolute Gasteiger partial charge is 0.357 e. The molecule has 2 rings (SSSR count). The van der Waals surface area contributed by atoms with Gasteiger partial charge in [0.15, 0.2) is 5.96 Å². The van der Waals surface area contributed by atoms with Gasteiger partial charge in [0, 0.05) is 45.3 Å². The smallest absolute Gasteiger partial charge is 0.191 e. The predicted octanol–water partition coefficient (Wildman–Crippen LogP) is 2.43. The van der Waals surface area contributed by atoms with E-state index in [0.29, 0.717) is 6.04 Å². The number of hydrogen-bond donors (Lipinski definition) is 2. The molecule has 0 aromatic heterocycles. The number of nitrogens with zero attached hydrogens (tertiary/aromatic N) is 3. The van der Waals surface area contributed by atoms with Crippen LogP contribution in [0.3, 0.4) is 0 Å². The quantitative estimate of drug-likeness (QED) is 0.346. The second kappa shape index (κ2) is 13.3. The van der Waals surface area contributed by atoms with Crippen molar-refractivity contribution in [2.75, 3.05) is 52.4 Å². The molecule has 1 fully saturated rings. The lowest BCUT2D eigenvalue weighted by molar-refractivity contribution is 0.109. The molecule has 0 amide bonds. The molecular weight excluding hydrogens is 437 g/mol. The van der Waals surface area contributed by atoms with Gasteiger partial charge in [0.25, 0.3) is 0 Å². The molecule has 1 unspecified atom stereocenters. The van der Waals surface area contributed by atoms with Gasteiger partial charge in [0.05, 0.1) is 6.54 Å². The van der Waals surface area contributed by atoms with Gasteiger partial charge < -0.3 is 15.5 Å². The van der Waals surface area contributed by atoms with Crippen molar-refractivity contribution in [2.24, 2.45) is 4.99 Å². The third-order valence-corrected chi connectivity index (χ3v) is 4.88. The fourth-order valence-corrected chi connectivity index (χ4v) is 3.17. The van der Waals surface area contributed by atoms with E-state index in [2.05, 4.69) is 71.5 Å². The number of rotatable bonds is 8. The molecule has 148 valence electrons. The van der Waals surface area contributed by atoms with Gasteiger partial charge in [0.2, 0.25) is 0 Å². The topological polar surface area (TPSA) is 42.9 Å². The molecule has 1 aromatic carbocycles. The standard InChI is InChI=1S/C20H35N5.HI/c1-4-21-20(22-12-11-19-9-7-6-8-10-19)23-17-18(3)25-15-13-24(5-2)14-16-25;/h6-10,18H,4-5,11-17H2,1-3H3,(H2,21,22,23);1H. The molecule has 6 heteroatoms. The van der Waals surface area contributed by atoms with Gasteiger partial charge in [0.1, 0.15) is 0 Å². The van der Waals surface area contributed by atoms with E-state index in [0.717, 1.165) is 51.6 Å². The molecule has 1 atom stereocenters. The Morgan fingerprint density at radius 3 is 2.38 bits per heavy atom. The Balaban J connectivity index is 0.00000338. The highest BCUT2D eigenvalue weighted by Gasteiger charge is 2.19. The predicted molar refractivity (Wildman–Crippen MR) is 123 cm³/mol. The van der Waals surface area contributed by atoms with Crippen LogP contribution in [0.2, 0.25) is 0 Å². The van der Waals surface area contributed by atoms with E-state index < -0.39 is 0 Å². The van der Waals surface area contributed by atoms with E-state index >= 15 is 0 Å². The molecule has 0 bridgehead atoms. The van der Waals surface area contributed by atoms with Crippen LogP contribution in [0, 0.1) is 0 Å². The highest BCUT2D eigenvalue weighted by atomic mass is 127. The molecule has 1 aliphatic heterocycles. The first-order valence-electron chi connectivity index (χ1n) is 9.75. The number of benzene rings is 1. The van der Waals surface area contributed by atoms with Crippen molar-refractivity contribution in [1.82, 2.24) is 20.4 Å². The van der Waals surface area contributed by atoms with Gasteiger partial charge in [-0.25, -0.2) is 0 Å². The summed E-state index contributed by atoms with van der Waals surface area (Å²) in [5.41, 5.74) is 1.35. The highest BCUT2D eigenvalue weighted by molar-refractivity contribution is 14.0. The zero-order valence-corrected chi connectivity index (χ0v) is 18.9. The summed E-state index contributed by atoms with van der Waals surface area (Å²) in [7, 11) is 0. The summed E-state index contributed by atoms with van der Waals surface area (Å²) in [5.74, 6) is 0.928. The van der Waals surface area contributed by atoms with Crippen molar-refractivity contribution in [1.29, 1.82) is 0 Å². The summed E-state index contributed by atoms with van der Waals surface area (Å²) < 4.78 is 0. The fraction of sp³-hybridized carbons (Fsp3) is 0.650. The van der Waals surface area contributed by atoms with Gasteiger partial charge >= 0.3 is 0 Å². The zero-order chi connectivity index (χ0) is 17.9. The van der Waals surface area contributed by atoms with E-state index in [4.69, 9.17) is 4.99 Å². The van der Waals surface area contributed by atoms with Crippen LogP contribution in [0.4, 0.5) is 0 Å². The summed E-state index contributed by atoms with van der Waals surface area (Å²) in [6.45, 7) is 15.1. The molecule has 1 aliphatic rings. The van der Waals surface area contributed by atoms with Gasteiger partial charge in [-0.2, -0.15) is 0 Å². The second-order valence-electron chi connectivity index (χ2n) is 6.70. The van der Waals surface area contributed by atoms with Crippen LogP contribution < -0.4 is 10.6 Å². The number of aliphatic imine (C=N–C) groups is 1. The van der Waals surface area contributed by atoms with E-state index in [1.165, 1.54) is 18.7 Å². The summed E-state index contributed by atoms with van der Waals surface area (Å²) >= 11 is 0. The van der Waals surface area contributed by atoms with Gasteiger partial charge in [-0.1, -0.05) is 37.3 Å². The van der Waals surface area contributed by atoms with Crippen LogP contribution in [0.5, 0.6) is 0 Å². The van der Waals surface area contributed by atoms with Crippen molar-refractivity contribution in [3.8, 4) is 0 Å². The molecule has 5 nitrogen and oxygen atoms in total. The van der Waals surface area contributed by atoms with Crippen molar-refractivity contribution in [2.45, 2.75) is 33.2 Å². The first kappa shape index (κ1) is 23.2. The fourth-order valence-electron chi connectivity index (χ4n) is 3.17. The van der Waals surface area contributed by atoms with Gasteiger partial charge in [-0.05, 0) is 32.4 Å². The highest BCUT2D eigenvalue weighted by Crippen LogP contribution is 2.06. The van der Waals surface area contributed by atoms with Crippen molar-refractivity contribution in [3.05, 3.63) is 35.9 Å². The molecule has 0 spiro atoms. The average molecular weight is 473 g/mol. The van der Waals surface area contributed by atoms with E-state index in [-0.39, 0.29) is 24.0 Å². The molecular formula is C20H36IN5. The van der Waals surface area contributed by atoms with Crippen LogP contribution in [0.1, 0.15) is 26.3 Å². The minimum absolute atomic E-state index is 0. The molecule has 1 heterocycles. The van der Waals surface area contributed by atoms with E-state index in [1.54, 1.807) is 0 Å². The minimum Gasteiger partial charge on any atom is -0.357 e. The SMILES string of the molecule is CCNC(=NCC(C)N1CCN(CC)CC1)NCCc1ccccc1.I. The number of piperazine rings is 1. The maximum atomic E-state index is 4.80. The summed E-state index contributed by atoms with van der Waals surface area (Å²) in [5, 5.41) is 6.81. The third-order valence-electron chi connectivity index (χ3n) is 4.88. The first-order chi connectivity index (χ1) is 12.2. The monoisotopic (exact) mass is 473 g/mol. The lowest BCUT2D eigenvalue weighted by Crippen LogP contribution is -2.50. The number of hydrogen-bond acceptors (Lipinski definition) is 3. The van der Waals surface area contributed by atoms with Gasteiger partial charge in [-0.15, -0.1) is 24.0 Å². The summed E-state index contributed by atoms with van der Waals surface area (Å²) in [6.07, 6.45) is 1.01. The number of likely N-dealkylation sites (N-methyl/N-ethyl adjacent to an activating group) is 1. The lowest BCUT2D eigenvalue weighted by Gasteiger charge is -2.37. The number of guanidine groups is 1. The van der Waals surface area contributed by atoms with Crippen LogP contribution in [-0.2, 0) is 6.42 Å². The van der Waals surface area contributed by atoms with Crippen LogP contribution >= 0.6 is 24.0 Å². The minimum atomic E-state index is 0. The first-order valence-corrected chi connectivity index (χ1v) is 9.75. The number of halogens is 1. The average Bonchev–Trinajstić information content (AvgIpc) is 2.66. The van der Waals surface area contributed by atoms with Crippen molar-refractivity contribution >= 4 is 29.9 Å². The van der Waals surface area contributed by atoms with Crippen LogP contribution in [0.25, 0.3) is 0 Å². The van der Waals surface area contributed by atoms with Crippen LogP contribution in [0.15, 0.2) is 35.3 Å². The molecule has 26 heavy (non-hydrogen) atoms. The Bertz CT molecular complexity index is 500. The normalized spacial score (nSPS) is 17.4. The third kappa shape index (κ3) is 8.22. The summed E-state index contributed by atoms with van der Waals surface area (Å²) in [4.78, 5) is 9.87. The molecule has 2 N–H and O–H groups in total. The molecule has 1 aromatic rings. The van der Waals surface area contributed by atoms with Crippen molar-refractivity contribution < 1.29 is 0 Å². The molecule has 0 aliphatic carbocycles. The van der Waals surface area contributed by atoms with Crippen molar-refractivity contribution in [3.63, 3.8) is 0 Å². The molecule has 1 saturated heterocycles. The van der Waals surface area contributed by atoms with E-state index in [9.17, 15) is 0 Å². The maximum absolute atomic E-state index is 4.80. The Labute approximate surface area is 176 Å². The molecule has 0 radical (unpaired) electrons. The Morgan fingerprint density at radius 1 is 1.08 bits per heavy atom. The number of nitrogens with one attached hydrogen (secondary N) is 2. The van der Waals surface area contributed by atoms with Gasteiger partial charge in [-0.3, -0.25) is 9.89 Å². The maximum Gasteiger partial charge on any atom is 0.191 e. The second-order valence-corrected chi connectivity index (χ2v) is 6.70. The Morgan fingerprint density at radius 2 is 1.77 bits per heavy atom. The Hall–Kier alpha value is -0.860. The zero-order valence-electron chi connectivity index (χ0n) is 16.6. The van der Waals surface area contributed by atoms with E-state index in [1.807, 2.05) is 0 Å². The lowest BCUT2D eigenvalue weighted by atomic mass is 10.1. The van der Waals surface area contributed by atoms with Crippen LogP contribution in [-0.4, -0.2) is 74.2 Å².